The predicted octanol–water partition coefficient (Wildman–Crippen LogP) is -0.832. The predicted molar refractivity (Wildman–Crippen MR) is 51.3 cm³/mol. The van der Waals surface area contributed by atoms with Crippen LogP contribution in [0.4, 0.5) is 0 Å². The van der Waals surface area contributed by atoms with Crippen molar-refractivity contribution in [1.82, 2.24) is 10.0 Å². The molecule has 0 aliphatic carbocycles. The standard InChI is InChI=1S/C7H17N3O2S/c1-6-2-3-7(9-4-6)5-10-13(8,11)12/h6-7,9-10H,2-5H2,1H3,(H2,8,11,12). The van der Waals surface area contributed by atoms with Gasteiger partial charge < -0.3 is 5.32 Å². The van der Waals surface area contributed by atoms with Gasteiger partial charge in [-0.25, -0.2) is 9.86 Å². The molecule has 1 fully saturated rings. The molecule has 2 atom stereocenters. The molecule has 0 aromatic heterocycles. The number of nitrogens with one attached hydrogen (secondary N) is 2. The zero-order valence-corrected chi connectivity index (χ0v) is 8.60. The Morgan fingerprint density at radius 2 is 2.23 bits per heavy atom. The van der Waals surface area contributed by atoms with Gasteiger partial charge in [0.2, 0.25) is 0 Å². The van der Waals surface area contributed by atoms with Crippen LogP contribution in [0.25, 0.3) is 0 Å². The van der Waals surface area contributed by atoms with Crippen molar-refractivity contribution in [3.63, 3.8) is 0 Å². The van der Waals surface area contributed by atoms with Gasteiger partial charge in [-0.3, -0.25) is 0 Å². The summed E-state index contributed by atoms with van der Waals surface area (Å²) in [7, 11) is -3.53. The van der Waals surface area contributed by atoms with Gasteiger partial charge in [0.25, 0.3) is 10.2 Å². The molecule has 4 N–H and O–H groups in total. The minimum atomic E-state index is -3.53. The Bertz CT molecular complexity index is 244. The molecule has 2 unspecified atom stereocenters. The van der Waals surface area contributed by atoms with Crippen LogP contribution >= 0.6 is 0 Å². The van der Waals surface area contributed by atoms with Crippen molar-refractivity contribution in [2.24, 2.45) is 11.1 Å². The van der Waals surface area contributed by atoms with Gasteiger partial charge in [-0.15, -0.1) is 0 Å². The Kier molecular flexibility index (Phi) is 3.66. The van der Waals surface area contributed by atoms with Crippen molar-refractivity contribution in [2.75, 3.05) is 13.1 Å². The lowest BCUT2D eigenvalue weighted by Crippen LogP contribution is -2.46. The van der Waals surface area contributed by atoms with Gasteiger partial charge in [0, 0.05) is 12.6 Å². The van der Waals surface area contributed by atoms with Crippen molar-refractivity contribution in [2.45, 2.75) is 25.8 Å². The molecule has 6 heteroatoms. The first kappa shape index (κ1) is 10.9. The molecule has 1 heterocycles. The summed E-state index contributed by atoms with van der Waals surface area (Å²) in [5, 5.41) is 8.07. The van der Waals surface area contributed by atoms with Crippen LogP contribution in [0.15, 0.2) is 0 Å². The molecule has 1 rings (SSSR count). The molecule has 0 aromatic rings. The van der Waals surface area contributed by atoms with Gasteiger partial charge in [-0.05, 0) is 25.3 Å². The fraction of sp³-hybridized carbons (Fsp3) is 1.00. The number of hydrogen-bond donors (Lipinski definition) is 3. The van der Waals surface area contributed by atoms with Crippen LogP contribution in [0.3, 0.4) is 0 Å². The molecule has 5 nitrogen and oxygen atoms in total. The van der Waals surface area contributed by atoms with E-state index in [1.165, 1.54) is 0 Å². The van der Waals surface area contributed by atoms with Crippen LogP contribution < -0.4 is 15.2 Å². The largest absolute Gasteiger partial charge is 0.312 e. The Balaban J connectivity index is 2.24. The lowest BCUT2D eigenvalue weighted by atomic mass is 9.97. The first-order chi connectivity index (χ1) is 5.97. The van der Waals surface area contributed by atoms with Crippen molar-refractivity contribution < 1.29 is 8.42 Å². The fourth-order valence-electron chi connectivity index (χ4n) is 1.45. The van der Waals surface area contributed by atoms with Crippen molar-refractivity contribution in [1.29, 1.82) is 0 Å². The quantitative estimate of drug-likeness (QED) is 0.564. The molecule has 1 saturated heterocycles. The van der Waals surface area contributed by atoms with Crippen molar-refractivity contribution in [3.8, 4) is 0 Å². The summed E-state index contributed by atoms with van der Waals surface area (Å²) in [6.07, 6.45) is 2.15. The topological polar surface area (TPSA) is 84.2 Å². The molecular weight excluding hydrogens is 190 g/mol. The van der Waals surface area contributed by atoms with Crippen LogP contribution in [0.2, 0.25) is 0 Å². The van der Waals surface area contributed by atoms with Crippen LogP contribution in [-0.4, -0.2) is 27.5 Å². The highest BCUT2D eigenvalue weighted by Gasteiger charge is 2.17. The third-order valence-electron chi connectivity index (χ3n) is 2.29. The molecule has 0 amide bonds. The SMILES string of the molecule is CC1CCC(CNS(N)(=O)=O)NC1. The van der Waals surface area contributed by atoms with E-state index in [2.05, 4.69) is 17.0 Å². The second-order valence-electron chi connectivity index (χ2n) is 3.68. The Labute approximate surface area is 79.3 Å². The second-order valence-corrected chi connectivity index (χ2v) is 5.06. The summed E-state index contributed by atoms with van der Waals surface area (Å²) in [5.41, 5.74) is 0. The summed E-state index contributed by atoms with van der Waals surface area (Å²) >= 11 is 0. The minimum absolute atomic E-state index is 0.231. The smallest absolute Gasteiger partial charge is 0.274 e. The Morgan fingerprint density at radius 1 is 1.54 bits per heavy atom. The molecule has 13 heavy (non-hydrogen) atoms. The molecular formula is C7H17N3O2S. The minimum Gasteiger partial charge on any atom is -0.312 e. The molecule has 0 saturated carbocycles. The first-order valence-corrected chi connectivity index (χ1v) is 6.03. The molecule has 1 aliphatic heterocycles. The summed E-state index contributed by atoms with van der Waals surface area (Å²) in [6.45, 7) is 3.53. The van der Waals surface area contributed by atoms with E-state index in [9.17, 15) is 8.42 Å². The van der Waals surface area contributed by atoms with E-state index in [4.69, 9.17) is 5.14 Å². The van der Waals surface area contributed by atoms with Gasteiger partial charge in [-0.1, -0.05) is 6.92 Å². The van der Waals surface area contributed by atoms with Crippen molar-refractivity contribution >= 4 is 10.2 Å². The molecule has 0 aromatic carbocycles. The first-order valence-electron chi connectivity index (χ1n) is 4.48. The zero-order chi connectivity index (χ0) is 9.90. The summed E-state index contributed by atoms with van der Waals surface area (Å²) in [5.74, 6) is 0.686. The zero-order valence-electron chi connectivity index (χ0n) is 7.79. The van der Waals surface area contributed by atoms with E-state index < -0.39 is 10.2 Å². The molecule has 0 radical (unpaired) electrons. The lowest BCUT2D eigenvalue weighted by Gasteiger charge is -2.27. The normalized spacial score (nSPS) is 30.3. The van der Waals surface area contributed by atoms with E-state index in [1.54, 1.807) is 0 Å². The summed E-state index contributed by atoms with van der Waals surface area (Å²) < 4.78 is 23.4. The third-order valence-corrected chi connectivity index (χ3v) is 2.86. The van der Waals surface area contributed by atoms with Gasteiger partial charge in [0.1, 0.15) is 0 Å². The molecule has 1 aliphatic rings. The van der Waals surface area contributed by atoms with Gasteiger partial charge >= 0.3 is 0 Å². The van der Waals surface area contributed by atoms with E-state index >= 15 is 0 Å². The van der Waals surface area contributed by atoms with E-state index in [0.717, 1.165) is 19.4 Å². The maximum atomic E-state index is 10.6. The fourth-order valence-corrected chi connectivity index (χ4v) is 1.88. The highest BCUT2D eigenvalue weighted by Crippen LogP contribution is 2.12. The van der Waals surface area contributed by atoms with Gasteiger partial charge in [-0.2, -0.15) is 8.42 Å². The van der Waals surface area contributed by atoms with E-state index in [-0.39, 0.29) is 6.04 Å². The van der Waals surface area contributed by atoms with Crippen LogP contribution in [0.1, 0.15) is 19.8 Å². The maximum absolute atomic E-state index is 10.6. The van der Waals surface area contributed by atoms with Crippen molar-refractivity contribution in [3.05, 3.63) is 0 Å². The average Bonchev–Trinajstić information content (AvgIpc) is 2.02. The summed E-state index contributed by atoms with van der Waals surface area (Å²) in [6, 6.07) is 0.231. The van der Waals surface area contributed by atoms with E-state index in [0.29, 0.717) is 12.5 Å². The average molecular weight is 207 g/mol. The monoisotopic (exact) mass is 207 g/mol. The van der Waals surface area contributed by atoms with E-state index in [1.807, 2.05) is 0 Å². The number of hydrogen-bond acceptors (Lipinski definition) is 3. The molecule has 0 bridgehead atoms. The number of piperidine rings is 1. The Hall–Kier alpha value is -0.170. The van der Waals surface area contributed by atoms with Crippen LogP contribution in [-0.2, 0) is 10.2 Å². The van der Waals surface area contributed by atoms with Gasteiger partial charge in [0.15, 0.2) is 0 Å². The van der Waals surface area contributed by atoms with Gasteiger partial charge in [0.05, 0.1) is 0 Å². The Morgan fingerprint density at radius 3 is 2.69 bits per heavy atom. The number of rotatable bonds is 3. The molecule has 0 spiro atoms. The highest BCUT2D eigenvalue weighted by molar-refractivity contribution is 7.87. The lowest BCUT2D eigenvalue weighted by molar-refractivity contribution is 0.327. The summed E-state index contributed by atoms with van der Waals surface area (Å²) in [4.78, 5) is 0. The third kappa shape index (κ3) is 4.56. The van der Waals surface area contributed by atoms with Crippen LogP contribution in [0.5, 0.6) is 0 Å². The second kappa shape index (κ2) is 4.36. The highest BCUT2D eigenvalue weighted by atomic mass is 32.2. The number of nitrogens with two attached hydrogens (primary N) is 1. The molecule has 78 valence electrons. The van der Waals surface area contributed by atoms with Crippen LogP contribution in [0, 0.1) is 5.92 Å². The maximum Gasteiger partial charge on any atom is 0.274 e.